The van der Waals surface area contributed by atoms with Gasteiger partial charge in [0, 0.05) is 35.5 Å². The summed E-state index contributed by atoms with van der Waals surface area (Å²) in [4.78, 5) is 28.7. The lowest BCUT2D eigenvalue weighted by Crippen LogP contribution is -2.43. The van der Waals surface area contributed by atoms with Crippen LogP contribution in [0.1, 0.15) is 43.5 Å². The van der Waals surface area contributed by atoms with Crippen LogP contribution in [-0.2, 0) is 17.8 Å². The summed E-state index contributed by atoms with van der Waals surface area (Å²) in [7, 11) is 0. The number of hydrogen-bond acceptors (Lipinski definition) is 5. The van der Waals surface area contributed by atoms with Gasteiger partial charge in [-0.05, 0) is 73.4 Å². The van der Waals surface area contributed by atoms with Crippen LogP contribution in [0.3, 0.4) is 0 Å². The van der Waals surface area contributed by atoms with Crippen molar-refractivity contribution < 1.29 is 4.79 Å². The summed E-state index contributed by atoms with van der Waals surface area (Å²) in [5, 5.41) is 1.12. The minimum atomic E-state index is -0.323. The summed E-state index contributed by atoms with van der Waals surface area (Å²) in [6, 6.07) is 2.33. The van der Waals surface area contributed by atoms with Gasteiger partial charge in [0.2, 0.25) is 0 Å². The number of rotatable bonds is 6. The Kier molecular flexibility index (Phi) is 7.00. The first-order valence-electron chi connectivity index (χ1n) is 11.6. The fourth-order valence-corrected chi connectivity index (χ4v) is 5.41. The van der Waals surface area contributed by atoms with Crippen LogP contribution < -0.4 is 17.2 Å². The summed E-state index contributed by atoms with van der Waals surface area (Å²) < 4.78 is 2.14. The average molecular weight is 526 g/mol. The number of amides is 1. The first-order valence-corrected chi connectivity index (χ1v) is 12.4. The summed E-state index contributed by atoms with van der Waals surface area (Å²) >= 11 is 3.59. The Balaban J connectivity index is 1.57. The molecule has 2 unspecified atom stereocenters. The normalized spacial score (nSPS) is 21.4. The Hall–Kier alpha value is -2.84. The molecule has 1 aromatic rings. The van der Waals surface area contributed by atoms with Crippen LogP contribution in [0.2, 0.25) is 0 Å². The fourth-order valence-electron chi connectivity index (χ4n) is 4.88. The van der Waals surface area contributed by atoms with E-state index in [1.807, 2.05) is 43.5 Å². The van der Waals surface area contributed by atoms with Gasteiger partial charge in [-0.15, -0.1) is 0 Å². The molecule has 4 N–H and O–H groups in total. The zero-order valence-corrected chi connectivity index (χ0v) is 21.5. The molecule has 7 nitrogen and oxygen atoms in total. The van der Waals surface area contributed by atoms with Crippen LogP contribution in [0.25, 0.3) is 0 Å². The highest BCUT2D eigenvalue weighted by Gasteiger charge is 2.34. The summed E-state index contributed by atoms with van der Waals surface area (Å²) in [5.41, 5.74) is 3.15. The molecule has 1 aliphatic heterocycles. The number of nitrogens with zero attached hydrogens (tertiary/aromatic N) is 3. The second-order valence-electron chi connectivity index (χ2n) is 9.46. The first-order chi connectivity index (χ1) is 16.2. The van der Waals surface area contributed by atoms with Crippen molar-refractivity contribution in [2.24, 2.45) is 11.8 Å². The molecular formula is C26H32BrN5O2. The number of fused-ring (bicyclic) bond motifs is 1. The van der Waals surface area contributed by atoms with Crippen LogP contribution in [-0.4, -0.2) is 32.6 Å². The lowest BCUT2D eigenvalue weighted by Gasteiger charge is -2.33. The number of nitrogens with two attached hydrogens (primary N) is 2. The van der Waals surface area contributed by atoms with Gasteiger partial charge in [0.1, 0.15) is 0 Å². The van der Waals surface area contributed by atoms with Crippen molar-refractivity contribution in [2.75, 3.05) is 5.84 Å². The van der Waals surface area contributed by atoms with Gasteiger partial charge in [0.25, 0.3) is 11.5 Å². The van der Waals surface area contributed by atoms with E-state index in [2.05, 4.69) is 46.8 Å². The predicted octanol–water partition coefficient (Wildman–Crippen LogP) is 3.33. The van der Waals surface area contributed by atoms with Gasteiger partial charge in [-0.2, -0.15) is 0 Å². The molecular weight excluding hydrogens is 494 g/mol. The Morgan fingerprint density at radius 1 is 1.32 bits per heavy atom. The van der Waals surface area contributed by atoms with E-state index in [0.29, 0.717) is 29.5 Å². The Morgan fingerprint density at radius 2 is 2.09 bits per heavy atom. The van der Waals surface area contributed by atoms with Crippen molar-refractivity contribution in [2.45, 2.75) is 58.7 Å². The van der Waals surface area contributed by atoms with Gasteiger partial charge in [-0.1, -0.05) is 40.2 Å². The lowest BCUT2D eigenvalue weighted by molar-refractivity contribution is -0.127. The van der Waals surface area contributed by atoms with Crippen LogP contribution in [0.15, 0.2) is 69.1 Å². The number of allylic oxidation sites excluding steroid dienone is 4. The Morgan fingerprint density at radius 3 is 2.76 bits per heavy atom. The van der Waals surface area contributed by atoms with Crippen molar-refractivity contribution in [3.63, 3.8) is 0 Å². The standard InChI is InChI=1S/C26H32BrN5O2/c1-16(2)30-10-9-21-22(13-19(27)14-24(21)30)25(33)31(28)15-23-17(3)11-20(32(29)26(23)34)12-18-7-5-4-6-8-18/h4-7,9-11,13,16,18,24H,8,12,14-15,28-29H2,1-3H3. The van der Waals surface area contributed by atoms with E-state index < -0.39 is 0 Å². The first kappa shape index (κ1) is 24.3. The van der Waals surface area contributed by atoms with Crippen LogP contribution >= 0.6 is 15.9 Å². The molecule has 0 spiro atoms. The second-order valence-corrected chi connectivity index (χ2v) is 10.5. The molecule has 1 aromatic heterocycles. The minimum absolute atomic E-state index is 0.0163. The van der Waals surface area contributed by atoms with Crippen molar-refractivity contribution >= 4 is 21.8 Å². The highest BCUT2D eigenvalue weighted by molar-refractivity contribution is 9.11. The van der Waals surface area contributed by atoms with Gasteiger partial charge in [-0.25, -0.2) is 10.5 Å². The molecule has 0 aromatic carbocycles. The molecule has 0 bridgehead atoms. The third-order valence-corrected chi connectivity index (χ3v) is 7.30. The van der Waals surface area contributed by atoms with E-state index in [0.717, 1.165) is 39.2 Å². The molecule has 2 heterocycles. The maximum atomic E-state index is 13.4. The molecule has 1 amide bonds. The monoisotopic (exact) mass is 525 g/mol. The second kappa shape index (κ2) is 9.80. The third-order valence-electron chi connectivity index (χ3n) is 6.75. The largest absolute Gasteiger partial charge is 0.368 e. The number of aromatic nitrogens is 1. The summed E-state index contributed by atoms with van der Waals surface area (Å²) in [5.74, 6) is 12.4. The lowest BCUT2D eigenvalue weighted by atomic mass is 9.92. The van der Waals surface area contributed by atoms with Crippen molar-refractivity contribution in [3.05, 3.63) is 91.5 Å². The van der Waals surface area contributed by atoms with Gasteiger partial charge >= 0.3 is 0 Å². The quantitative estimate of drug-likeness (QED) is 0.337. The van der Waals surface area contributed by atoms with E-state index in [-0.39, 0.29) is 24.1 Å². The average Bonchev–Trinajstić information content (AvgIpc) is 3.23. The van der Waals surface area contributed by atoms with Crippen LogP contribution in [0.5, 0.6) is 0 Å². The fraction of sp³-hybridized carbons (Fsp3) is 0.385. The molecule has 0 fully saturated rings. The van der Waals surface area contributed by atoms with Crippen molar-refractivity contribution in [3.8, 4) is 0 Å². The molecule has 0 saturated heterocycles. The van der Waals surface area contributed by atoms with E-state index in [1.54, 1.807) is 0 Å². The Labute approximate surface area is 208 Å². The van der Waals surface area contributed by atoms with E-state index in [9.17, 15) is 9.59 Å². The number of halogens is 1. The molecule has 34 heavy (non-hydrogen) atoms. The van der Waals surface area contributed by atoms with E-state index >= 15 is 0 Å². The topological polar surface area (TPSA) is 97.6 Å². The smallest absolute Gasteiger partial charge is 0.274 e. The number of nitrogen functional groups attached to an aromatic ring is 1. The number of carbonyl (C=O) groups is 1. The summed E-state index contributed by atoms with van der Waals surface area (Å²) in [6.45, 7) is 6.10. The maximum Gasteiger partial charge on any atom is 0.274 e. The van der Waals surface area contributed by atoms with Gasteiger partial charge < -0.3 is 10.7 Å². The van der Waals surface area contributed by atoms with Gasteiger partial charge in [0.15, 0.2) is 0 Å². The maximum absolute atomic E-state index is 13.4. The molecule has 3 aliphatic rings. The molecule has 180 valence electrons. The zero-order chi connectivity index (χ0) is 24.6. The number of hydrazine groups is 1. The highest BCUT2D eigenvalue weighted by Crippen LogP contribution is 2.37. The van der Waals surface area contributed by atoms with Crippen molar-refractivity contribution in [1.29, 1.82) is 0 Å². The van der Waals surface area contributed by atoms with Crippen LogP contribution in [0.4, 0.5) is 0 Å². The predicted molar refractivity (Wildman–Crippen MR) is 139 cm³/mol. The van der Waals surface area contributed by atoms with Crippen LogP contribution in [0, 0.1) is 12.8 Å². The number of carbonyl (C=O) groups excluding carboxylic acids is 1. The van der Waals surface area contributed by atoms with E-state index in [4.69, 9.17) is 11.7 Å². The zero-order valence-electron chi connectivity index (χ0n) is 19.9. The molecule has 2 aliphatic carbocycles. The SMILES string of the molecule is Cc1cc(CC2C=CC=CC2)n(N)c(=O)c1CN(N)C(=O)C1=C2C=CN(C(C)C)C2CC(Br)=C1. The molecule has 0 saturated carbocycles. The summed E-state index contributed by atoms with van der Waals surface area (Å²) in [6.07, 6.45) is 16.5. The van der Waals surface area contributed by atoms with Gasteiger partial charge in [0.05, 0.1) is 12.6 Å². The highest BCUT2D eigenvalue weighted by atomic mass is 79.9. The van der Waals surface area contributed by atoms with Crippen molar-refractivity contribution in [1.82, 2.24) is 14.6 Å². The molecule has 4 rings (SSSR count). The minimum Gasteiger partial charge on any atom is -0.368 e. The molecule has 2 atom stereocenters. The Bertz CT molecular complexity index is 1200. The number of hydrogen-bond donors (Lipinski definition) is 2. The number of pyridine rings is 1. The third kappa shape index (κ3) is 4.70. The van der Waals surface area contributed by atoms with E-state index in [1.165, 1.54) is 4.68 Å². The van der Waals surface area contributed by atoms with Gasteiger partial charge in [-0.3, -0.25) is 14.6 Å². The molecule has 8 heteroatoms. The number of aryl methyl sites for hydroxylation is 1. The molecule has 0 radical (unpaired) electrons.